The molecule has 130 valence electrons. The first-order chi connectivity index (χ1) is 12.5. The summed E-state index contributed by atoms with van der Waals surface area (Å²) >= 11 is 9.48. The number of furan rings is 1. The number of nitrogens with zero attached hydrogens (tertiary/aromatic N) is 1. The van der Waals surface area contributed by atoms with Crippen molar-refractivity contribution in [1.29, 1.82) is 0 Å². The number of anilines is 1. The van der Waals surface area contributed by atoms with Crippen molar-refractivity contribution in [3.63, 3.8) is 0 Å². The second-order valence-electron chi connectivity index (χ2n) is 5.74. The lowest BCUT2D eigenvalue weighted by Gasteiger charge is -2.06. The zero-order valence-corrected chi connectivity index (χ0v) is 15.9. The Bertz CT molecular complexity index is 1130. The number of nitrogens with one attached hydrogen (secondary N) is 1. The molecule has 1 amide bonds. The minimum absolute atomic E-state index is 0.200. The number of hydrogen-bond donors (Lipinski definition) is 1. The number of rotatable bonds is 3. The van der Waals surface area contributed by atoms with Gasteiger partial charge in [-0.1, -0.05) is 17.7 Å². The molecule has 0 aliphatic carbocycles. The highest BCUT2D eigenvalue weighted by molar-refractivity contribution is 9.10. The lowest BCUT2D eigenvalue weighted by molar-refractivity contribution is 0.0995. The molecule has 0 spiro atoms. The quantitative estimate of drug-likeness (QED) is 0.428. The molecule has 0 bridgehead atoms. The summed E-state index contributed by atoms with van der Waals surface area (Å²) in [5, 5.41) is 3.25. The number of aryl methyl sites for hydroxylation is 1. The van der Waals surface area contributed by atoms with Crippen molar-refractivity contribution in [3.05, 3.63) is 69.5 Å². The number of fused-ring (bicyclic) bond motifs is 1. The first-order valence-electron chi connectivity index (χ1n) is 7.73. The van der Waals surface area contributed by atoms with Gasteiger partial charge in [-0.25, -0.2) is 4.98 Å². The average molecular weight is 432 g/mol. The smallest absolute Gasteiger partial charge is 0.291 e. The molecule has 2 heterocycles. The normalized spacial score (nSPS) is 11.0. The zero-order valence-electron chi connectivity index (χ0n) is 13.5. The summed E-state index contributed by atoms with van der Waals surface area (Å²) in [5.41, 5.74) is 3.67. The molecule has 2 aromatic heterocycles. The molecule has 0 saturated carbocycles. The second kappa shape index (κ2) is 6.63. The van der Waals surface area contributed by atoms with E-state index in [9.17, 15) is 4.79 Å². The summed E-state index contributed by atoms with van der Waals surface area (Å²) in [5.74, 6) is 0.232. The summed E-state index contributed by atoms with van der Waals surface area (Å²) < 4.78 is 11.6. The average Bonchev–Trinajstić information content (AvgIpc) is 3.22. The molecule has 0 aliphatic heterocycles. The van der Waals surface area contributed by atoms with Crippen LogP contribution in [0.25, 0.3) is 22.6 Å². The number of oxazole rings is 1. The predicted octanol–water partition coefficient (Wildman–Crippen LogP) is 6.06. The summed E-state index contributed by atoms with van der Waals surface area (Å²) in [4.78, 5) is 16.7. The number of benzene rings is 2. The molecule has 0 fully saturated rings. The molecule has 1 N–H and O–H groups in total. The predicted molar refractivity (Wildman–Crippen MR) is 104 cm³/mol. The summed E-state index contributed by atoms with van der Waals surface area (Å²) in [6, 6.07) is 14.1. The van der Waals surface area contributed by atoms with Gasteiger partial charge in [-0.3, -0.25) is 4.79 Å². The van der Waals surface area contributed by atoms with E-state index in [1.165, 1.54) is 0 Å². The number of carbonyl (C=O) groups excluding carboxylic acids is 1. The van der Waals surface area contributed by atoms with Gasteiger partial charge < -0.3 is 14.2 Å². The Morgan fingerprint density at radius 1 is 1.12 bits per heavy atom. The van der Waals surface area contributed by atoms with Gasteiger partial charge in [0.15, 0.2) is 16.0 Å². The van der Waals surface area contributed by atoms with Crippen LogP contribution < -0.4 is 5.32 Å². The fraction of sp³-hybridized carbons (Fsp3) is 0.0526. The fourth-order valence-electron chi connectivity index (χ4n) is 2.54. The van der Waals surface area contributed by atoms with Crippen LogP contribution in [0.1, 0.15) is 16.1 Å². The van der Waals surface area contributed by atoms with Crippen LogP contribution in [0.15, 0.2) is 62.0 Å². The maximum atomic E-state index is 12.2. The van der Waals surface area contributed by atoms with E-state index < -0.39 is 0 Å². The molecule has 4 aromatic rings. The molecule has 0 atom stereocenters. The molecule has 0 radical (unpaired) electrons. The first-order valence-corrected chi connectivity index (χ1v) is 8.90. The van der Waals surface area contributed by atoms with E-state index >= 15 is 0 Å². The van der Waals surface area contributed by atoms with Crippen molar-refractivity contribution in [2.24, 2.45) is 0 Å². The fourth-order valence-corrected chi connectivity index (χ4v) is 3.05. The van der Waals surface area contributed by atoms with Crippen molar-refractivity contribution in [1.82, 2.24) is 4.98 Å². The van der Waals surface area contributed by atoms with E-state index in [-0.39, 0.29) is 11.7 Å². The third-order valence-corrected chi connectivity index (χ3v) is 4.55. The van der Waals surface area contributed by atoms with Crippen molar-refractivity contribution in [2.45, 2.75) is 6.92 Å². The SMILES string of the molecule is Cc1ccc2nc(-c3cc(NC(=O)c4ccc(Br)o4)ccc3Cl)oc2c1. The Morgan fingerprint density at radius 2 is 1.96 bits per heavy atom. The number of amides is 1. The summed E-state index contributed by atoms with van der Waals surface area (Å²) in [6.45, 7) is 1.98. The van der Waals surface area contributed by atoms with Crippen LogP contribution in [0.2, 0.25) is 5.02 Å². The van der Waals surface area contributed by atoms with Gasteiger partial charge in [0.2, 0.25) is 5.89 Å². The maximum Gasteiger partial charge on any atom is 0.291 e. The highest BCUT2D eigenvalue weighted by atomic mass is 79.9. The minimum atomic E-state index is -0.364. The van der Waals surface area contributed by atoms with Gasteiger partial charge in [-0.05, 0) is 70.9 Å². The van der Waals surface area contributed by atoms with Crippen LogP contribution in [0.5, 0.6) is 0 Å². The molecule has 26 heavy (non-hydrogen) atoms. The molecule has 0 aliphatic rings. The van der Waals surface area contributed by atoms with E-state index in [0.717, 1.165) is 11.1 Å². The topological polar surface area (TPSA) is 68.3 Å². The molecular weight excluding hydrogens is 420 g/mol. The van der Waals surface area contributed by atoms with E-state index in [1.54, 1.807) is 30.3 Å². The van der Waals surface area contributed by atoms with Gasteiger partial charge in [0.1, 0.15) is 5.52 Å². The van der Waals surface area contributed by atoms with E-state index in [4.69, 9.17) is 20.4 Å². The number of halogens is 2. The summed E-state index contributed by atoms with van der Waals surface area (Å²) in [7, 11) is 0. The van der Waals surface area contributed by atoms with Crippen LogP contribution in [-0.2, 0) is 0 Å². The standard InChI is InChI=1S/C19H12BrClN2O3/c1-10-2-5-14-16(8-10)26-19(23-14)12-9-11(3-4-13(12)21)22-18(24)15-6-7-17(20)25-15/h2-9H,1H3,(H,22,24). The lowest BCUT2D eigenvalue weighted by Crippen LogP contribution is -2.10. The van der Waals surface area contributed by atoms with Gasteiger partial charge in [0, 0.05) is 5.69 Å². The van der Waals surface area contributed by atoms with Gasteiger partial charge in [0.25, 0.3) is 5.91 Å². The Morgan fingerprint density at radius 3 is 2.73 bits per heavy atom. The highest BCUT2D eigenvalue weighted by Crippen LogP contribution is 2.32. The van der Waals surface area contributed by atoms with Crippen molar-refractivity contribution < 1.29 is 13.6 Å². The van der Waals surface area contributed by atoms with Crippen molar-refractivity contribution >= 4 is 50.2 Å². The van der Waals surface area contributed by atoms with Crippen LogP contribution in [0, 0.1) is 6.92 Å². The molecular formula is C19H12BrClN2O3. The molecule has 5 nitrogen and oxygen atoms in total. The molecule has 7 heteroatoms. The molecule has 0 unspecified atom stereocenters. The van der Waals surface area contributed by atoms with E-state index in [2.05, 4.69) is 26.2 Å². The summed E-state index contributed by atoms with van der Waals surface area (Å²) in [6.07, 6.45) is 0. The Kier molecular flexibility index (Phi) is 4.30. The monoisotopic (exact) mass is 430 g/mol. The maximum absolute atomic E-state index is 12.2. The van der Waals surface area contributed by atoms with Crippen LogP contribution in [-0.4, -0.2) is 10.9 Å². The molecule has 2 aromatic carbocycles. The van der Waals surface area contributed by atoms with Crippen LogP contribution in [0.3, 0.4) is 0 Å². The third kappa shape index (κ3) is 3.25. The van der Waals surface area contributed by atoms with E-state index in [1.807, 2.05) is 25.1 Å². The van der Waals surface area contributed by atoms with Crippen molar-refractivity contribution in [3.8, 4) is 11.5 Å². The highest BCUT2D eigenvalue weighted by Gasteiger charge is 2.15. The lowest BCUT2D eigenvalue weighted by atomic mass is 10.2. The van der Waals surface area contributed by atoms with Crippen LogP contribution in [0.4, 0.5) is 5.69 Å². The van der Waals surface area contributed by atoms with Gasteiger partial charge >= 0.3 is 0 Å². The number of hydrogen-bond acceptors (Lipinski definition) is 4. The van der Waals surface area contributed by atoms with Gasteiger partial charge in [-0.15, -0.1) is 0 Å². The zero-order chi connectivity index (χ0) is 18.3. The third-order valence-electron chi connectivity index (χ3n) is 3.80. The van der Waals surface area contributed by atoms with Gasteiger partial charge in [-0.2, -0.15) is 0 Å². The van der Waals surface area contributed by atoms with Gasteiger partial charge in [0.05, 0.1) is 10.6 Å². The Balaban J connectivity index is 1.68. The second-order valence-corrected chi connectivity index (χ2v) is 6.93. The number of carbonyl (C=O) groups is 1. The number of aromatic nitrogens is 1. The Hall–Kier alpha value is -2.57. The van der Waals surface area contributed by atoms with Crippen LogP contribution >= 0.6 is 27.5 Å². The van der Waals surface area contributed by atoms with E-state index in [0.29, 0.717) is 32.4 Å². The molecule has 0 saturated heterocycles. The molecule has 4 rings (SSSR count). The van der Waals surface area contributed by atoms with Crippen molar-refractivity contribution in [2.75, 3.05) is 5.32 Å². The largest absolute Gasteiger partial charge is 0.444 e. The first kappa shape index (κ1) is 16.9. The Labute approximate surface area is 162 Å². The minimum Gasteiger partial charge on any atom is -0.444 e.